The summed E-state index contributed by atoms with van der Waals surface area (Å²) in [6.07, 6.45) is 0. The summed E-state index contributed by atoms with van der Waals surface area (Å²) in [5.41, 5.74) is 0. The lowest BCUT2D eigenvalue weighted by Crippen LogP contribution is -2.07. The third kappa shape index (κ3) is 12.1. The normalized spacial score (nSPS) is 12.1. The molecule has 0 bridgehead atoms. The van der Waals surface area contributed by atoms with Crippen LogP contribution in [-0.4, -0.2) is 46.1 Å². The van der Waals surface area contributed by atoms with Crippen molar-refractivity contribution in [3.8, 4) is 0 Å². The first-order valence-electron chi connectivity index (χ1n) is 3.38. The number of thiol groups is 1. The van der Waals surface area contributed by atoms with E-state index in [4.69, 9.17) is 4.55 Å². The van der Waals surface area contributed by atoms with Gasteiger partial charge in [-0.15, -0.1) is 0 Å². The summed E-state index contributed by atoms with van der Waals surface area (Å²) in [6.45, 7) is -0.123. The highest BCUT2D eigenvalue weighted by Crippen LogP contribution is 2.00. The van der Waals surface area contributed by atoms with Crippen LogP contribution in [0, 0.1) is 0 Å². The third-order valence-electron chi connectivity index (χ3n) is 0.884. The average molecular weight is 266 g/mol. The van der Waals surface area contributed by atoms with Gasteiger partial charge in [0, 0.05) is 11.5 Å². The maximum absolute atomic E-state index is 10.0. The molecule has 86 valence electrons. The highest BCUT2D eigenvalue weighted by molar-refractivity contribution is 7.99. The highest BCUT2D eigenvalue weighted by Gasteiger charge is 2.02. The largest absolute Gasteiger partial charge is 0.397 e. The molecule has 0 aliphatic carbocycles. The molecule has 10 heteroatoms. The minimum Gasteiger partial charge on any atom is -0.271 e. The van der Waals surface area contributed by atoms with E-state index in [0.717, 1.165) is 0 Å². The summed E-state index contributed by atoms with van der Waals surface area (Å²) in [5.74, 6) is 0.719. The molecule has 0 aromatic heterocycles. The molecule has 7 nitrogen and oxygen atoms in total. The van der Waals surface area contributed by atoms with Crippen molar-refractivity contribution in [2.24, 2.45) is 0 Å². The molecule has 0 atom stereocenters. The molecule has 0 spiro atoms. The summed E-state index contributed by atoms with van der Waals surface area (Å²) >= 11 is 1.24. The van der Waals surface area contributed by atoms with E-state index in [2.05, 4.69) is 8.37 Å². The van der Waals surface area contributed by atoms with Crippen LogP contribution in [0.1, 0.15) is 0 Å². The van der Waals surface area contributed by atoms with E-state index in [1.165, 1.54) is 11.8 Å². The molecule has 0 fully saturated rings. The Balaban J connectivity index is 3.23. The van der Waals surface area contributed by atoms with Crippen LogP contribution in [0.3, 0.4) is 0 Å². The number of hydrogen-bond acceptors (Lipinski definition) is 7. The fraction of sp³-hybridized carbons (Fsp3) is 1.00. The summed E-state index contributed by atoms with van der Waals surface area (Å²) in [5, 5.41) is 0. The Bertz CT molecular complexity index is 297. The quantitative estimate of drug-likeness (QED) is 0.330. The zero-order valence-electron chi connectivity index (χ0n) is 6.99. The Morgan fingerprint density at radius 3 is 2.29 bits per heavy atom. The Morgan fingerprint density at radius 1 is 1.21 bits per heavy atom. The van der Waals surface area contributed by atoms with Gasteiger partial charge >= 0.3 is 10.4 Å². The van der Waals surface area contributed by atoms with E-state index >= 15 is 0 Å². The van der Waals surface area contributed by atoms with Crippen LogP contribution in [0.25, 0.3) is 0 Å². The minimum absolute atomic E-state index is 0.0369. The topological polar surface area (TPSA) is 107 Å². The van der Waals surface area contributed by atoms with E-state index in [-0.39, 0.29) is 13.2 Å². The number of rotatable bonds is 8. The second kappa shape index (κ2) is 7.43. The predicted octanol–water partition coefficient (Wildman–Crippen LogP) is -0.918. The molecule has 0 saturated heterocycles. The summed E-state index contributed by atoms with van der Waals surface area (Å²) in [7, 11) is -7.20. The molecule has 0 saturated carbocycles. The van der Waals surface area contributed by atoms with E-state index in [0.29, 0.717) is 11.5 Å². The smallest absolute Gasteiger partial charge is 0.271 e. The van der Waals surface area contributed by atoms with Crippen LogP contribution < -0.4 is 0 Å². The van der Waals surface area contributed by atoms with Gasteiger partial charge in [-0.25, -0.2) is 12.6 Å². The number of hydrogen-bond donors (Lipinski definition) is 2. The van der Waals surface area contributed by atoms with Gasteiger partial charge in [-0.05, 0) is 0 Å². The molecule has 0 heterocycles. The molecule has 0 aromatic rings. The molecule has 14 heavy (non-hydrogen) atoms. The molecular weight excluding hydrogens is 256 g/mol. The third-order valence-corrected chi connectivity index (χ3v) is 2.65. The van der Waals surface area contributed by atoms with Crippen molar-refractivity contribution in [2.45, 2.75) is 0 Å². The van der Waals surface area contributed by atoms with Crippen LogP contribution in [0.4, 0.5) is 0 Å². The lowest BCUT2D eigenvalue weighted by molar-refractivity contribution is 0.285. The molecular formula is C4H10O7S3. The minimum atomic E-state index is -4.37. The summed E-state index contributed by atoms with van der Waals surface area (Å²) < 4.78 is 56.2. The van der Waals surface area contributed by atoms with Crippen LogP contribution in [-0.2, 0) is 29.8 Å². The maximum Gasteiger partial charge on any atom is 0.397 e. The molecule has 0 unspecified atom stereocenters. The van der Waals surface area contributed by atoms with E-state index in [9.17, 15) is 16.8 Å². The fourth-order valence-electron chi connectivity index (χ4n) is 0.471. The van der Waals surface area contributed by atoms with Gasteiger partial charge in [0.2, 0.25) is 0 Å². The van der Waals surface area contributed by atoms with Crippen molar-refractivity contribution < 1.29 is 29.8 Å². The summed E-state index contributed by atoms with van der Waals surface area (Å²) in [6, 6.07) is 0. The first-order chi connectivity index (χ1) is 6.42. The van der Waals surface area contributed by atoms with Crippen LogP contribution >= 0.6 is 11.8 Å². The molecule has 0 amide bonds. The molecule has 0 aromatic carbocycles. The van der Waals surface area contributed by atoms with E-state index in [1.807, 2.05) is 0 Å². The Morgan fingerprint density at radius 2 is 1.79 bits per heavy atom. The standard InChI is InChI=1S/C4H10O7S3/c5-13(6)10-1-3-12-4-2-11-14(7,8)9/h13H,1-4H2,(H,7,8,9). The van der Waals surface area contributed by atoms with Crippen LogP contribution in [0.5, 0.6) is 0 Å². The van der Waals surface area contributed by atoms with E-state index < -0.39 is 21.4 Å². The van der Waals surface area contributed by atoms with Gasteiger partial charge in [0.25, 0.3) is 11.0 Å². The van der Waals surface area contributed by atoms with Gasteiger partial charge in [0.15, 0.2) is 0 Å². The first-order valence-corrected chi connectivity index (χ1v) is 7.00. The van der Waals surface area contributed by atoms with Crippen molar-refractivity contribution in [1.29, 1.82) is 0 Å². The highest BCUT2D eigenvalue weighted by atomic mass is 32.3. The molecule has 1 N–H and O–H groups in total. The molecule has 0 radical (unpaired) electrons. The van der Waals surface area contributed by atoms with Gasteiger partial charge in [-0.2, -0.15) is 20.2 Å². The monoisotopic (exact) mass is 266 g/mol. The zero-order chi connectivity index (χ0) is 11.0. The second-order valence-corrected chi connectivity index (χ2v) is 4.94. The van der Waals surface area contributed by atoms with Gasteiger partial charge in [-0.1, -0.05) is 0 Å². The van der Waals surface area contributed by atoms with Crippen LogP contribution in [0.2, 0.25) is 0 Å². The average Bonchev–Trinajstić information content (AvgIpc) is 2.00. The van der Waals surface area contributed by atoms with Gasteiger partial charge < -0.3 is 0 Å². The first kappa shape index (κ1) is 14.1. The van der Waals surface area contributed by atoms with Crippen LogP contribution in [0.15, 0.2) is 0 Å². The Labute approximate surface area is 87.9 Å². The lowest BCUT2D eigenvalue weighted by atomic mass is 10.9. The predicted molar refractivity (Wildman–Crippen MR) is 51.1 cm³/mol. The molecule has 0 rings (SSSR count). The fourth-order valence-corrected chi connectivity index (χ4v) is 1.84. The SMILES string of the molecule is O=[SH](=O)OCCSCCOS(=O)(=O)O. The van der Waals surface area contributed by atoms with Crippen molar-refractivity contribution in [3.05, 3.63) is 0 Å². The van der Waals surface area contributed by atoms with E-state index in [1.54, 1.807) is 0 Å². The molecule has 0 aliphatic rings. The maximum atomic E-state index is 10.0. The number of thioether (sulfide) groups is 1. The molecule has 0 aliphatic heterocycles. The second-order valence-electron chi connectivity index (χ2n) is 1.92. The zero-order valence-corrected chi connectivity index (χ0v) is 9.52. The lowest BCUT2D eigenvalue weighted by Gasteiger charge is -1.99. The summed E-state index contributed by atoms with van der Waals surface area (Å²) in [4.78, 5) is 0. The Hall–Kier alpha value is 0.130. The van der Waals surface area contributed by atoms with Crippen molar-refractivity contribution >= 4 is 33.1 Å². The van der Waals surface area contributed by atoms with Crippen molar-refractivity contribution in [1.82, 2.24) is 0 Å². The van der Waals surface area contributed by atoms with Gasteiger partial charge in [0.1, 0.15) is 0 Å². The Kier molecular flexibility index (Phi) is 7.49. The van der Waals surface area contributed by atoms with Gasteiger partial charge in [0.05, 0.1) is 13.2 Å². The van der Waals surface area contributed by atoms with Crippen molar-refractivity contribution in [3.63, 3.8) is 0 Å². The van der Waals surface area contributed by atoms with Gasteiger partial charge in [-0.3, -0.25) is 8.74 Å². The van der Waals surface area contributed by atoms with Crippen molar-refractivity contribution in [2.75, 3.05) is 24.7 Å².